The second kappa shape index (κ2) is 31.4. The summed E-state index contributed by atoms with van der Waals surface area (Å²) in [7, 11) is -5.30. The van der Waals surface area contributed by atoms with E-state index in [-0.39, 0.29) is 87.1 Å². The number of phosphoric acid groups is 1. The summed E-state index contributed by atoms with van der Waals surface area (Å²) in [5, 5.41) is 0. The zero-order valence-electron chi connectivity index (χ0n) is 23.4. The molecule has 13 heteroatoms. The topological polar surface area (TPSA) is 168 Å². The average molecular weight is 610 g/mol. The Balaban J connectivity index is -0.0000000555. The fourth-order valence-electron chi connectivity index (χ4n) is 2.01. The van der Waals surface area contributed by atoms with Gasteiger partial charge in [-0.2, -0.15) is 0 Å². The van der Waals surface area contributed by atoms with Gasteiger partial charge in [0.05, 0.1) is 14.4 Å². The van der Waals surface area contributed by atoms with E-state index in [1.165, 1.54) is 6.92 Å². The van der Waals surface area contributed by atoms with Crippen LogP contribution < -0.4 is 74.6 Å². The molecule has 0 aromatic heterocycles. The molecule has 1 atom stereocenters. The van der Waals surface area contributed by atoms with Crippen molar-refractivity contribution in [3.8, 4) is 71.0 Å². The Labute approximate surface area is 297 Å². The summed E-state index contributed by atoms with van der Waals surface area (Å²) >= 11 is 0. The number of hydrogen-bond donors (Lipinski definition) is 1. The number of phosphoric ester groups is 1. The van der Waals surface area contributed by atoms with Gasteiger partial charge in [0.2, 0.25) is 5.91 Å². The number of primary amides is 1. The normalized spacial score (nSPS) is 8.82. The Kier molecular flexibility index (Phi) is 35.2. The Morgan fingerprint density at radius 1 is 0.850 bits per heavy atom. The van der Waals surface area contributed by atoms with E-state index >= 15 is 0 Å². The average Bonchev–Trinajstić information content (AvgIpc) is 2.83. The van der Waals surface area contributed by atoms with E-state index in [0.717, 1.165) is 25.7 Å². The van der Waals surface area contributed by atoms with E-state index < -0.39 is 39.1 Å². The zero-order chi connectivity index (χ0) is 29.1. The van der Waals surface area contributed by atoms with Crippen LogP contribution in [0.3, 0.4) is 0 Å². The van der Waals surface area contributed by atoms with Crippen molar-refractivity contribution in [3.05, 3.63) is 0 Å². The number of ether oxygens (including phenoxy) is 2. The summed E-state index contributed by atoms with van der Waals surface area (Å²) in [6, 6.07) is 0. The van der Waals surface area contributed by atoms with Gasteiger partial charge < -0.3 is 34.1 Å². The van der Waals surface area contributed by atoms with Crippen molar-refractivity contribution in [1.29, 1.82) is 0 Å². The standard InChI is InChI=1S/C25H25O8P.C2H5NO.2Na.11H2/c1-3-5-7-9-10-11-12-13-14-16-17-19-24(26)31-21-23(22-32-34(28,29)30)33-25(27)20-18-15-8-6-4-2;1-2(3)4;;;;;;;;;;;;;/h23H,4,6,8,15,18,20-22H2,1-2H3,(H2,28,29,30);1H3,(H2,3,4);;;11*1H/q;;2*+1;;;;;;;;;;;/p-2/t23-;;;;;;;;;;;;;;/m1............../s1. The number of rotatable bonds is 12. The molecule has 0 bridgehead atoms. The first-order valence-corrected chi connectivity index (χ1v) is 12.7. The van der Waals surface area contributed by atoms with Crippen molar-refractivity contribution in [2.45, 2.75) is 65.4 Å². The maximum absolute atomic E-state index is 11.9. The fraction of sp³-hybridized carbons (Fsp3) is 0.444. The van der Waals surface area contributed by atoms with E-state index in [4.69, 9.17) is 9.47 Å². The van der Waals surface area contributed by atoms with Crippen LogP contribution in [-0.2, 0) is 32.9 Å². The molecule has 0 aliphatic heterocycles. The molecule has 0 rings (SSSR count). The summed E-state index contributed by atoms with van der Waals surface area (Å²) in [5.41, 5.74) is 4.47. The maximum Gasteiger partial charge on any atom is 1.00 e. The van der Waals surface area contributed by atoms with E-state index in [2.05, 4.69) is 88.2 Å². The zero-order valence-corrected chi connectivity index (χ0v) is 28.3. The molecule has 0 saturated heterocycles. The van der Waals surface area contributed by atoms with Gasteiger partial charge in [0, 0.05) is 35.0 Å². The van der Waals surface area contributed by atoms with Crippen LogP contribution in [0.4, 0.5) is 0 Å². The van der Waals surface area contributed by atoms with Gasteiger partial charge in [0.15, 0.2) is 6.10 Å². The molecule has 0 aromatic carbocycles. The molecule has 0 unspecified atom stereocenters. The summed E-state index contributed by atoms with van der Waals surface area (Å²) in [6.45, 7) is 3.68. The molecule has 0 aliphatic carbocycles. The van der Waals surface area contributed by atoms with Crippen LogP contribution in [0.15, 0.2) is 0 Å². The summed E-state index contributed by atoms with van der Waals surface area (Å²) in [4.78, 5) is 54.2. The molecule has 10 nitrogen and oxygen atoms in total. The minimum absolute atomic E-state index is 0. The molecular formula is C27H50NNa2O9P. The van der Waals surface area contributed by atoms with Crippen LogP contribution in [-0.4, -0.2) is 37.2 Å². The van der Waals surface area contributed by atoms with E-state index in [1.807, 2.05) is 0 Å². The Bertz CT molecular complexity index is 1240. The number of carbonyl (C=O) groups excluding carboxylic acids is 3. The van der Waals surface area contributed by atoms with Crippen molar-refractivity contribution in [1.82, 2.24) is 0 Å². The van der Waals surface area contributed by atoms with Crippen LogP contribution in [0.1, 0.15) is 75.0 Å². The van der Waals surface area contributed by atoms with Crippen molar-refractivity contribution < 1.29 is 118 Å². The second-order valence-electron chi connectivity index (χ2n) is 6.85. The van der Waals surface area contributed by atoms with Gasteiger partial charge in [0.25, 0.3) is 0 Å². The van der Waals surface area contributed by atoms with Crippen LogP contribution in [0.25, 0.3) is 0 Å². The third kappa shape index (κ3) is 40.4. The maximum atomic E-state index is 11.9. The van der Waals surface area contributed by atoms with Gasteiger partial charge in [-0.1, -0.05) is 38.5 Å². The predicted octanol–water partition coefficient (Wildman–Crippen LogP) is -3.11. The van der Waals surface area contributed by atoms with Crippen molar-refractivity contribution in [2.75, 3.05) is 13.2 Å². The quantitative estimate of drug-likeness (QED) is 0.0602. The molecule has 0 fully saturated rings. The van der Waals surface area contributed by atoms with Crippen molar-refractivity contribution in [3.63, 3.8) is 0 Å². The monoisotopic (exact) mass is 609 g/mol. The minimum Gasteiger partial charge on any atom is -0.790 e. The molecule has 224 valence electrons. The third-order valence-corrected chi connectivity index (χ3v) is 3.92. The van der Waals surface area contributed by atoms with E-state index in [1.54, 1.807) is 6.92 Å². The molecule has 2 N–H and O–H groups in total. The minimum atomic E-state index is -5.30. The molecule has 40 heavy (non-hydrogen) atoms. The van der Waals surface area contributed by atoms with Gasteiger partial charge in [-0.3, -0.25) is 9.59 Å². The molecule has 0 saturated carbocycles. The fourth-order valence-corrected chi connectivity index (χ4v) is 2.36. The number of esters is 2. The van der Waals surface area contributed by atoms with Crippen molar-refractivity contribution in [2.24, 2.45) is 5.73 Å². The van der Waals surface area contributed by atoms with Crippen molar-refractivity contribution >= 4 is 25.7 Å². The van der Waals surface area contributed by atoms with Gasteiger partial charge in [-0.05, 0) is 72.5 Å². The first kappa shape index (κ1) is 44.9. The van der Waals surface area contributed by atoms with Gasteiger partial charge in [-0.15, -0.1) is 0 Å². The number of hydrogen-bond acceptors (Lipinski definition) is 9. The molecule has 0 heterocycles. The molecule has 0 spiro atoms. The molecule has 0 radical (unpaired) electrons. The van der Waals surface area contributed by atoms with E-state index in [9.17, 15) is 28.7 Å². The van der Waals surface area contributed by atoms with Crippen LogP contribution >= 0.6 is 7.82 Å². The summed E-state index contributed by atoms with van der Waals surface area (Å²) < 4.78 is 24.7. The molecule has 0 aliphatic rings. The Morgan fingerprint density at radius 3 is 1.80 bits per heavy atom. The SMILES string of the molecule is CC#CC#CC#CC#CC#CC#CC(=O)OC[C@H](COP(=O)([O-])[O-])OC(=O)CCCCCCC.CC(N)=O.[HH].[HH].[HH].[HH].[HH].[HH].[HH].[HH].[HH].[HH].[HH].[Na+].[Na+]. The Hall–Kier alpha value is -2.12. The smallest absolute Gasteiger partial charge is 0.790 e. The van der Waals surface area contributed by atoms with Gasteiger partial charge >= 0.3 is 71.1 Å². The van der Waals surface area contributed by atoms with Crippen LogP contribution in [0.2, 0.25) is 0 Å². The van der Waals surface area contributed by atoms with Crippen LogP contribution in [0, 0.1) is 71.0 Å². The first-order chi connectivity index (χ1) is 18.0. The largest absolute Gasteiger partial charge is 1.00 e. The number of nitrogens with two attached hydrogens (primary N) is 1. The van der Waals surface area contributed by atoms with Gasteiger partial charge in [-0.25, -0.2) is 4.79 Å². The molecule has 1 amide bonds. The second-order valence-corrected chi connectivity index (χ2v) is 8.01. The third-order valence-electron chi connectivity index (χ3n) is 3.45. The summed E-state index contributed by atoms with van der Waals surface area (Å²) in [5.74, 6) is 26.6. The first-order valence-electron chi connectivity index (χ1n) is 11.2. The number of carbonyl (C=O) groups is 3. The van der Waals surface area contributed by atoms with Gasteiger partial charge in [0.1, 0.15) is 6.61 Å². The number of amides is 1. The number of unbranched alkanes of at least 4 members (excludes halogenated alkanes) is 4. The Morgan fingerprint density at radius 2 is 1.32 bits per heavy atom. The van der Waals surface area contributed by atoms with Crippen LogP contribution in [0.5, 0.6) is 0 Å². The molecular weight excluding hydrogens is 559 g/mol. The van der Waals surface area contributed by atoms with E-state index in [0.29, 0.717) is 6.42 Å². The summed E-state index contributed by atoms with van der Waals surface area (Å²) in [6.07, 6.45) is 3.33. The molecule has 0 aromatic rings. The predicted molar refractivity (Wildman–Crippen MR) is 158 cm³/mol.